The molecule has 0 unspecified atom stereocenters. The van der Waals surface area contributed by atoms with Crippen LogP contribution in [-0.2, 0) is 20.0 Å². The highest BCUT2D eigenvalue weighted by molar-refractivity contribution is 7.89. The summed E-state index contributed by atoms with van der Waals surface area (Å²) < 4.78 is 49.4. The normalized spacial score (nSPS) is 16.9. The first kappa shape index (κ1) is 20.0. The van der Waals surface area contributed by atoms with E-state index < -0.39 is 20.0 Å². The maximum Gasteiger partial charge on any atom is 0.261 e. The Labute approximate surface area is 162 Å². The second kappa shape index (κ2) is 7.68. The second-order valence-corrected chi connectivity index (χ2v) is 10.6. The van der Waals surface area contributed by atoms with E-state index in [2.05, 4.69) is 5.32 Å². The molecular formula is C16H19N3O5S3. The molecule has 27 heavy (non-hydrogen) atoms. The third-order valence-electron chi connectivity index (χ3n) is 4.32. The van der Waals surface area contributed by atoms with Gasteiger partial charge in [0.1, 0.15) is 0 Å². The van der Waals surface area contributed by atoms with Gasteiger partial charge in [-0.3, -0.25) is 4.79 Å². The van der Waals surface area contributed by atoms with Crippen molar-refractivity contribution in [1.82, 2.24) is 9.62 Å². The van der Waals surface area contributed by atoms with E-state index in [0.29, 0.717) is 17.7 Å². The van der Waals surface area contributed by atoms with Gasteiger partial charge in [0, 0.05) is 19.1 Å². The van der Waals surface area contributed by atoms with Crippen LogP contribution in [0.4, 0.5) is 0 Å². The fourth-order valence-electron chi connectivity index (χ4n) is 2.86. The molecule has 1 aliphatic rings. The maximum atomic E-state index is 12.7. The van der Waals surface area contributed by atoms with E-state index in [1.54, 1.807) is 12.1 Å². The zero-order chi connectivity index (χ0) is 19.7. The molecule has 1 amide bonds. The van der Waals surface area contributed by atoms with Crippen molar-refractivity contribution in [3.63, 3.8) is 0 Å². The Balaban J connectivity index is 1.63. The predicted octanol–water partition coefficient (Wildman–Crippen LogP) is 0.979. The minimum absolute atomic E-state index is 0.0102. The molecule has 3 N–H and O–H groups in total. The molecule has 1 aromatic carbocycles. The van der Waals surface area contributed by atoms with Crippen LogP contribution in [0.15, 0.2) is 51.6 Å². The molecule has 8 nitrogen and oxygen atoms in total. The lowest BCUT2D eigenvalue weighted by Gasteiger charge is -2.31. The molecule has 2 heterocycles. The number of sulfonamides is 2. The van der Waals surface area contributed by atoms with Crippen LogP contribution in [0.5, 0.6) is 0 Å². The fraction of sp³-hybridized carbons (Fsp3) is 0.312. The number of amides is 1. The van der Waals surface area contributed by atoms with Gasteiger partial charge in [-0.15, -0.1) is 11.3 Å². The molecule has 0 bridgehead atoms. The van der Waals surface area contributed by atoms with E-state index in [0.717, 1.165) is 0 Å². The number of nitrogens with zero attached hydrogens (tertiary/aromatic N) is 1. The maximum absolute atomic E-state index is 12.7. The number of piperidine rings is 1. The standard InChI is InChI=1S/C16H19N3O5S3/c17-26(21,22)13-3-5-14(6-4-13)27(23,24)19-9-7-12(8-10-19)18-16(20)15-2-1-11-25-15/h1-6,11-12H,7-10H2,(H,18,20)(H2,17,21,22). The molecule has 0 aliphatic carbocycles. The lowest BCUT2D eigenvalue weighted by Crippen LogP contribution is -2.46. The summed E-state index contributed by atoms with van der Waals surface area (Å²) >= 11 is 1.35. The highest BCUT2D eigenvalue weighted by atomic mass is 32.2. The Kier molecular flexibility index (Phi) is 5.68. The third-order valence-corrected chi connectivity index (χ3v) is 8.03. The molecule has 1 aliphatic heterocycles. The first-order chi connectivity index (χ1) is 12.7. The topological polar surface area (TPSA) is 127 Å². The number of benzene rings is 1. The van der Waals surface area contributed by atoms with Crippen LogP contribution in [0.25, 0.3) is 0 Å². The molecule has 3 rings (SSSR count). The van der Waals surface area contributed by atoms with Crippen molar-refractivity contribution in [2.75, 3.05) is 13.1 Å². The van der Waals surface area contributed by atoms with Crippen LogP contribution >= 0.6 is 11.3 Å². The molecule has 0 spiro atoms. The van der Waals surface area contributed by atoms with E-state index >= 15 is 0 Å². The van der Waals surface area contributed by atoms with Crippen molar-refractivity contribution >= 4 is 37.3 Å². The highest BCUT2D eigenvalue weighted by Crippen LogP contribution is 2.22. The average molecular weight is 430 g/mol. The van der Waals surface area contributed by atoms with Crippen LogP contribution < -0.4 is 10.5 Å². The number of hydrogen-bond acceptors (Lipinski definition) is 6. The number of thiophene rings is 1. The van der Waals surface area contributed by atoms with Crippen molar-refractivity contribution < 1.29 is 21.6 Å². The molecule has 0 radical (unpaired) electrons. The summed E-state index contributed by atoms with van der Waals surface area (Å²) in [4.78, 5) is 12.6. The van der Waals surface area contributed by atoms with E-state index in [1.165, 1.54) is 39.9 Å². The molecule has 2 aromatic rings. The van der Waals surface area contributed by atoms with Crippen LogP contribution in [0.2, 0.25) is 0 Å². The van der Waals surface area contributed by atoms with Gasteiger partial charge in [-0.2, -0.15) is 4.31 Å². The summed E-state index contributed by atoms with van der Waals surface area (Å²) in [6.07, 6.45) is 1.01. The molecule has 146 valence electrons. The molecular weight excluding hydrogens is 410 g/mol. The summed E-state index contributed by atoms with van der Waals surface area (Å²) in [5.74, 6) is -0.148. The zero-order valence-electron chi connectivity index (χ0n) is 14.2. The molecule has 11 heteroatoms. The first-order valence-corrected chi connectivity index (χ1v) is 12.0. The van der Waals surface area contributed by atoms with E-state index in [1.807, 2.05) is 5.38 Å². The number of carbonyl (C=O) groups is 1. The molecule has 1 aromatic heterocycles. The lowest BCUT2D eigenvalue weighted by molar-refractivity contribution is 0.0928. The Bertz CT molecular complexity index is 1010. The predicted molar refractivity (Wildman–Crippen MR) is 101 cm³/mol. The lowest BCUT2D eigenvalue weighted by atomic mass is 10.1. The summed E-state index contributed by atoms with van der Waals surface area (Å²) in [5.41, 5.74) is 0. The molecule has 1 fully saturated rings. The van der Waals surface area contributed by atoms with Gasteiger partial charge < -0.3 is 5.32 Å². The van der Waals surface area contributed by atoms with Crippen molar-refractivity contribution in [1.29, 1.82) is 0 Å². The summed E-state index contributed by atoms with van der Waals surface area (Å²) in [6.45, 7) is 0.545. The minimum Gasteiger partial charge on any atom is -0.349 e. The number of rotatable bonds is 5. The average Bonchev–Trinajstić information content (AvgIpc) is 3.16. The highest BCUT2D eigenvalue weighted by Gasteiger charge is 2.30. The number of carbonyl (C=O) groups excluding carboxylic acids is 1. The molecule has 1 saturated heterocycles. The monoisotopic (exact) mass is 429 g/mol. The van der Waals surface area contributed by atoms with Gasteiger partial charge in [-0.05, 0) is 48.6 Å². The minimum atomic E-state index is -3.88. The van der Waals surface area contributed by atoms with Gasteiger partial charge in [0.25, 0.3) is 5.91 Å². The Morgan fingerprint density at radius 1 is 1.04 bits per heavy atom. The summed E-state index contributed by atoms with van der Waals surface area (Å²) in [5, 5.41) is 9.78. The van der Waals surface area contributed by atoms with E-state index in [-0.39, 0.29) is 34.8 Å². The van der Waals surface area contributed by atoms with Gasteiger partial charge in [-0.25, -0.2) is 22.0 Å². The Morgan fingerprint density at radius 2 is 1.63 bits per heavy atom. The van der Waals surface area contributed by atoms with Gasteiger partial charge in [0.05, 0.1) is 14.7 Å². The van der Waals surface area contributed by atoms with Crippen molar-refractivity contribution in [2.45, 2.75) is 28.7 Å². The number of hydrogen-bond donors (Lipinski definition) is 2. The number of nitrogens with one attached hydrogen (secondary N) is 1. The smallest absolute Gasteiger partial charge is 0.261 e. The first-order valence-electron chi connectivity index (χ1n) is 8.15. The van der Waals surface area contributed by atoms with Crippen molar-refractivity contribution in [2.24, 2.45) is 5.14 Å². The van der Waals surface area contributed by atoms with Gasteiger partial charge in [0.2, 0.25) is 20.0 Å². The van der Waals surface area contributed by atoms with Crippen LogP contribution in [0.1, 0.15) is 22.5 Å². The van der Waals surface area contributed by atoms with Gasteiger partial charge in [0.15, 0.2) is 0 Å². The number of primary sulfonamides is 1. The van der Waals surface area contributed by atoms with Gasteiger partial charge in [-0.1, -0.05) is 6.07 Å². The van der Waals surface area contributed by atoms with Crippen LogP contribution in [-0.4, -0.2) is 46.2 Å². The van der Waals surface area contributed by atoms with Crippen LogP contribution in [0.3, 0.4) is 0 Å². The van der Waals surface area contributed by atoms with Crippen molar-refractivity contribution in [3.8, 4) is 0 Å². The Hall–Kier alpha value is -1.79. The van der Waals surface area contributed by atoms with Gasteiger partial charge >= 0.3 is 0 Å². The quantitative estimate of drug-likeness (QED) is 0.732. The Morgan fingerprint density at radius 3 is 2.15 bits per heavy atom. The third kappa shape index (κ3) is 4.55. The van der Waals surface area contributed by atoms with E-state index in [9.17, 15) is 21.6 Å². The molecule has 0 saturated carbocycles. The SMILES string of the molecule is NS(=O)(=O)c1ccc(S(=O)(=O)N2CCC(NC(=O)c3cccs3)CC2)cc1. The van der Waals surface area contributed by atoms with Crippen LogP contribution in [0, 0.1) is 0 Å². The zero-order valence-corrected chi connectivity index (χ0v) is 16.7. The molecule has 0 atom stereocenters. The largest absolute Gasteiger partial charge is 0.349 e. The fourth-order valence-corrected chi connectivity index (χ4v) is 5.47. The second-order valence-electron chi connectivity index (χ2n) is 6.15. The van der Waals surface area contributed by atoms with Crippen molar-refractivity contribution in [3.05, 3.63) is 46.7 Å². The summed E-state index contributed by atoms with van der Waals surface area (Å²) in [6, 6.07) is 8.28. The number of nitrogens with two attached hydrogens (primary N) is 1. The van der Waals surface area contributed by atoms with E-state index in [4.69, 9.17) is 5.14 Å². The summed E-state index contributed by atoms with van der Waals surface area (Å²) in [7, 11) is -7.61.